The van der Waals surface area contributed by atoms with Crippen LogP contribution in [0.4, 0.5) is 4.39 Å². The molecule has 1 aromatic rings. The van der Waals surface area contributed by atoms with Gasteiger partial charge in [-0.1, -0.05) is 11.6 Å². The molecular weight excluding hydrogens is 455 g/mol. The van der Waals surface area contributed by atoms with E-state index in [4.69, 9.17) is 11.6 Å². The summed E-state index contributed by atoms with van der Waals surface area (Å²) in [5, 5.41) is 6.32. The Morgan fingerprint density at radius 3 is 2.83 bits per heavy atom. The van der Waals surface area contributed by atoms with Crippen molar-refractivity contribution in [1.82, 2.24) is 15.6 Å². The van der Waals surface area contributed by atoms with E-state index in [1.165, 1.54) is 0 Å². The molecule has 1 saturated heterocycles. The van der Waals surface area contributed by atoms with Gasteiger partial charge in [0.15, 0.2) is 0 Å². The van der Waals surface area contributed by atoms with Gasteiger partial charge in [0.2, 0.25) is 5.91 Å². The molecule has 2 aliphatic rings. The molecule has 2 heterocycles. The smallest absolute Gasteiger partial charge is 0.237 e. The van der Waals surface area contributed by atoms with Crippen LogP contribution in [0.2, 0.25) is 5.15 Å². The fourth-order valence-corrected chi connectivity index (χ4v) is 3.86. The Labute approximate surface area is 159 Å². The molecule has 0 bridgehead atoms. The number of nitrogens with one attached hydrogen (secondary N) is 2. The molecule has 1 amide bonds. The third-order valence-corrected chi connectivity index (χ3v) is 5.67. The molecule has 128 valence electrons. The number of pyridine rings is 1. The number of carbonyl (C=O) groups excluding carboxylic acids is 1. The minimum atomic E-state index is -0.965. The summed E-state index contributed by atoms with van der Waals surface area (Å²) in [7, 11) is 0. The van der Waals surface area contributed by atoms with Crippen molar-refractivity contribution in [2.24, 2.45) is 0 Å². The zero-order valence-corrected chi connectivity index (χ0v) is 16.3. The second-order valence-corrected chi connectivity index (χ2v) is 7.52. The Kier molecular flexibility index (Phi) is 6.49. The van der Waals surface area contributed by atoms with Crippen LogP contribution in [0.25, 0.3) is 0 Å². The highest BCUT2D eigenvalue weighted by Crippen LogP contribution is 2.42. The van der Waals surface area contributed by atoms with Crippen molar-refractivity contribution in [1.29, 1.82) is 0 Å². The Hall–Kier alpha value is -0.180. The predicted molar refractivity (Wildman–Crippen MR) is 98.9 cm³/mol. The van der Waals surface area contributed by atoms with Crippen LogP contribution in [-0.2, 0) is 11.3 Å². The molecule has 2 N–H and O–H groups in total. The lowest BCUT2D eigenvalue weighted by molar-refractivity contribution is -0.123. The zero-order chi connectivity index (χ0) is 15.9. The Bertz CT molecular complexity index is 590. The fourth-order valence-electron chi connectivity index (χ4n) is 2.73. The van der Waals surface area contributed by atoms with Crippen LogP contribution in [0.15, 0.2) is 6.07 Å². The summed E-state index contributed by atoms with van der Waals surface area (Å²) in [5.41, 5.74) is 2.01. The van der Waals surface area contributed by atoms with E-state index in [0.717, 1.165) is 27.7 Å². The highest BCUT2D eigenvalue weighted by molar-refractivity contribution is 14.1. The van der Waals surface area contributed by atoms with E-state index in [-0.39, 0.29) is 30.8 Å². The third-order valence-electron chi connectivity index (χ3n) is 4.23. The standard InChI is InChI=1S/C15H18ClFIN3O.ClH/c1-7-10(17)5-11(20-7)15(22)19-6-9-4-12(16)21-14(13(9)18)8-2-3-8;/h4,7-8,10-11,20H,2-3,5-6H2,1H3,(H,19,22);1H/t7-,10+,11-;/m0./s1. The van der Waals surface area contributed by atoms with E-state index >= 15 is 0 Å². The SMILES string of the molecule is C[C@@H]1N[C@H](C(=O)NCc2cc(Cl)nc(C3CC3)c2I)C[C@H]1F.Cl. The number of halogens is 4. The van der Waals surface area contributed by atoms with Gasteiger partial charge in [0.1, 0.15) is 11.3 Å². The maximum atomic E-state index is 13.5. The van der Waals surface area contributed by atoms with Crippen molar-refractivity contribution >= 4 is 52.5 Å². The zero-order valence-electron chi connectivity index (χ0n) is 12.6. The van der Waals surface area contributed by atoms with Crippen LogP contribution in [-0.4, -0.2) is 29.1 Å². The van der Waals surface area contributed by atoms with Crippen molar-refractivity contribution in [2.45, 2.75) is 56.9 Å². The van der Waals surface area contributed by atoms with E-state index in [0.29, 0.717) is 17.6 Å². The normalized spacial score (nSPS) is 26.7. The highest BCUT2D eigenvalue weighted by Gasteiger charge is 2.35. The summed E-state index contributed by atoms with van der Waals surface area (Å²) in [6.45, 7) is 2.15. The topological polar surface area (TPSA) is 54.0 Å². The lowest BCUT2D eigenvalue weighted by atomic mass is 10.1. The highest BCUT2D eigenvalue weighted by atomic mass is 127. The molecule has 23 heavy (non-hydrogen) atoms. The predicted octanol–water partition coefficient (Wildman–Crippen LogP) is 3.34. The van der Waals surface area contributed by atoms with E-state index in [2.05, 4.69) is 38.2 Å². The molecule has 1 aliphatic carbocycles. The number of hydrogen-bond acceptors (Lipinski definition) is 3. The Morgan fingerprint density at radius 1 is 1.57 bits per heavy atom. The third kappa shape index (κ3) is 4.46. The number of carbonyl (C=O) groups is 1. The molecule has 4 nitrogen and oxygen atoms in total. The van der Waals surface area contributed by atoms with Gasteiger partial charge in [-0.3, -0.25) is 4.79 Å². The maximum absolute atomic E-state index is 13.5. The van der Waals surface area contributed by atoms with E-state index in [1.807, 2.05) is 0 Å². The second-order valence-electron chi connectivity index (χ2n) is 6.06. The summed E-state index contributed by atoms with van der Waals surface area (Å²) in [4.78, 5) is 16.5. The van der Waals surface area contributed by atoms with E-state index in [1.54, 1.807) is 13.0 Å². The van der Waals surface area contributed by atoms with Gasteiger partial charge in [-0.25, -0.2) is 9.37 Å². The number of nitrogens with zero attached hydrogens (tertiary/aromatic N) is 1. The van der Waals surface area contributed by atoms with Crippen LogP contribution in [0, 0.1) is 3.57 Å². The first-order valence-corrected chi connectivity index (χ1v) is 8.94. The first-order valence-electron chi connectivity index (χ1n) is 7.48. The van der Waals surface area contributed by atoms with Gasteiger partial charge < -0.3 is 10.6 Å². The largest absolute Gasteiger partial charge is 0.351 e. The number of aromatic nitrogens is 1. The molecule has 2 fully saturated rings. The van der Waals surface area contributed by atoms with Crippen LogP contribution in [0.5, 0.6) is 0 Å². The van der Waals surface area contributed by atoms with Gasteiger partial charge in [-0.05, 0) is 54.0 Å². The summed E-state index contributed by atoms with van der Waals surface area (Å²) in [6, 6.07) is 1.06. The Balaban J connectivity index is 0.00000192. The Morgan fingerprint density at radius 2 is 2.26 bits per heavy atom. The monoisotopic (exact) mass is 473 g/mol. The molecular formula is C15H19Cl2FIN3O. The summed E-state index contributed by atoms with van der Waals surface area (Å²) in [6.07, 6.45) is 1.57. The molecule has 0 aromatic carbocycles. The van der Waals surface area contributed by atoms with E-state index < -0.39 is 12.2 Å². The maximum Gasteiger partial charge on any atom is 0.237 e. The van der Waals surface area contributed by atoms with Gasteiger partial charge >= 0.3 is 0 Å². The molecule has 0 unspecified atom stereocenters. The number of hydrogen-bond donors (Lipinski definition) is 2. The fraction of sp³-hybridized carbons (Fsp3) is 0.600. The molecule has 0 radical (unpaired) electrons. The molecule has 1 aliphatic heterocycles. The van der Waals surface area contributed by atoms with Gasteiger partial charge in [-0.15, -0.1) is 12.4 Å². The minimum Gasteiger partial charge on any atom is -0.351 e. The lowest BCUT2D eigenvalue weighted by Gasteiger charge is -2.14. The van der Waals surface area contributed by atoms with Crippen LogP contribution >= 0.6 is 46.6 Å². The molecule has 0 spiro atoms. The van der Waals surface area contributed by atoms with Crippen LogP contribution < -0.4 is 10.6 Å². The molecule has 8 heteroatoms. The molecule has 3 rings (SSSR count). The van der Waals surface area contributed by atoms with Crippen molar-refractivity contribution in [2.75, 3.05) is 0 Å². The van der Waals surface area contributed by atoms with Crippen LogP contribution in [0.3, 0.4) is 0 Å². The number of amides is 1. The quantitative estimate of drug-likeness (QED) is 0.520. The average molecular weight is 474 g/mol. The van der Waals surface area contributed by atoms with Gasteiger partial charge in [-0.2, -0.15) is 0 Å². The summed E-state index contributed by atoms with van der Waals surface area (Å²) >= 11 is 8.35. The first-order chi connectivity index (χ1) is 10.5. The van der Waals surface area contributed by atoms with Crippen molar-refractivity contribution in [3.63, 3.8) is 0 Å². The number of rotatable bonds is 4. The van der Waals surface area contributed by atoms with Gasteiger partial charge in [0, 0.05) is 28.5 Å². The van der Waals surface area contributed by atoms with Crippen molar-refractivity contribution < 1.29 is 9.18 Å². The average Bonchev–Trinajstić information content (AvgIpc) is 3.26. The van der Waals surface area contributed by atoms with E-state index in [9.17, 15) is 9.18 Å². The molecule has 1 aromatic heterocycles. The summed E-state index contributed by atoms with van der Waals surface area (Å²) < 4.78 is 14.6. The second kappa shape index (κ2) is 7.80. The molecule has 1 saturated carbocycles. The first kappa shape index (κ1) is 19.1. The van der Waals surface area contributed by atoms with Crippen molar-refractivity contribution in [3.05, 3.63) is 26.0 Å². The van der Waals surface area contributed by atoms with Crippen LogP contribution in [0.1, 0.15) is 43.4 Å². The van der Waals surface area contributed by atoms with Gasteiger partial charge in [0.25, 0.3) is 0 Å². The summed E-state index contributed by atoms with van der Waals surface area (Å²) in [5.74, 6) is 0.341. The lowest BCUT2D eigenvalue weighted by Crippen LogP contribution is -2.42. The number of alkyl halides is 1. The van der Waals surface area contributed by atoms with Gasteiger partial charge in [0.05, 0.1) is 11.7 Å². The molecule has 3 atom stereocenters. The van der Waals surface area contributed by atoms with Crippen molar-refractivity contribution in [3.8, 4) is 0 Å². The minimum absolute atomic E-state index is 0.